The Morgan fingerprint density at radius 2 is 1.75 bits per heavy atom. The summed E-state index contributed by atoms with van der Waals surface area (Å²) in [5.41, 5.74) is 6.58. The first-order chi connectivity index (χ1) is 9.19. The second-order valence-electron chi connectivity index (χ2n) is 8.06. The molecule has 4 atom stereocenters. The van der Waals surface area contributed by atoms with E-state index in [2.05, 4.69) is 65.5 Å². The fourth-order valence-electron chi connectivity index (χ4n) is 5.23. The summed E-state index contributed by atoms with van der Waals surface area (Å²) in [4.78, 5) is 2.75. The van der Waals surface area contributed by atoms with Crippen molar-refractivity contribution in [2.75, 3.05) is 4.90 Å². The lowest BCUT2D eigenvalue weighted by Crippen LogP contribution is -2.51. The lowest BCUT2D eigenvalue weighted by atomic mass is 9.75. The van der Waals surface area contributed by atoms with Crippen LogP contribution in [0.3, 0.4) is 0 Å². The highest BCUT2D eigenvalue weighted by molar-refractivity contribution is 5.62. The summed E-state index contributed by atoms with van der Waals surface area (Å²) in [6, 6.07) is 5.35. The molecule has 2 aliphatic rings. The van der Waals surface area contributed by atoms with Gasteiger partial charge in [-0.2, -0.15) is 0 Å². The van der Waals surface area contributed by atoms with E-state index < -0.39 is 0 Å². The maximum absolute atomic E-state index is 2.75. The van der Waals surface area contributed by atoms with Crippen LogP contribution >= 0.6 is 0 Å². The monoisotopic (exact) mass is 271 g/mol. The van der Waals surface area contributed by atoms with Gasteiger partial charge in [-0.15, -0.1) is 0 Å². The molecule has 3 rings (SSSR count). The molecule has 2 fully saturated rings. The number of rotatable bonds is 1. The predicted octanol–water partition coefficient (Wildman–Crippen LogP) is 5.02. The number of piperidine rings is 1. The van der Waals surface area contributed by atoms with Crippen LogP contribution in [0.4, 0.5) is 5.69 Å². The summed E-state index contributed by atoms with van der Waals surface area (Å²) >= 11 is 0. The predicted molar refractivity (Wildman–Crippen MR) is 87.5 cm³/mol. The van der Waals surface area contributed by atoms with Crippen LogP contribution in [0.1, 0.15) is 57.2 Å². The van der Waals surface area contributed by atoms with Crippen LogP contribution < -0.4 is 4.90 Å². The summed E-state index contributed by atoms with van der Waals surface area (Å²) in [5, 5.41) is 0. The lowest BCUT2D eigenvalue weighted by molar-refractivity contribution is 0.200. The second kappa shape index (κ2) is 4.02. The third kappa shape index (κ3) is 1.61. The molecular formula is C19H29N. The van der Waals surface area contributed by atoms with Crippen molar-refractivity contribution < 1.29 is 0 Å². The summed E-state index contributed by atoms with van der Waals surface area (Å²) in [6.45, 7) is 16.6. The first kappa shape index (κ1) is 14.0. The average Bonchev–Trinajstić information content (AvgIpc) is 2.67. The van der Waals surface area contributed by atoms with Gasteiger partial charge in [-0.1, -0.05) is 19.9 Å². The van der Waals surface area contributed by atoms with E-state index in [4.69, 9.17) is 0 Å². The Morgan fingerprint density at radius 1 is 1.10 bits per heavy atom. The maximum Gasteiger partial charge on any atom is 0.0408 e. The molecule has 1 nitrogen and oxygen atoms in total. The minimum Gasteiger partial charge on any atom is -0.363 e. The summed E-state index contributed by atoms with van der Waals surface area (Å²) in [5.74, 6) is 0.838. The molecule has 0 radical (unpaired) electrons. The highest BCUT2D eigenvalue weighted by Crippen LogP contribution is 2.62. The first-order valence-corrected chi connectivity index (χ1v) is 8.06. The van der Waals surface area contributed by atoms with Crippen LogP contribution in [0.15, 0.2) is 12.1 Å². The van der Waals surface area contributed by atoms with Gasteiger partial charge < -0.3 is 4.90 Å². The Bertz CT molecular complexity index is 561. The topological polar surface area (TPSA) is 3.24 Å². The molecule has 20 heavy (non-hydrogen) atoms. The summed E-state index contributed by atoms with van der Waals surface area (Å²) < 4.78 is 0. The first-order valence-electron chi connectivity index (χ1n) is 8.06. The molecule has 0 N–H and O–H groups in total. The minimum absolute atomic E-state index is 0.346. The zero-order chi connectivity index (χ0) is 14.9. The molecule has 0 aromatic heterocycles. The van der Waals surface area contributed by atoms with Crippen LogP contribution in [0, 0.1) is 32.1 Å². The van der Waals surface area contributed by atoms with Crippen LogP contribution in [0.2, 0.25) is 0 Å². The lowest BCUT2D eigenvalue weighted by Gasteiger charge is -2.47. The zero-order valence-electron chi connectivity index (χ0n) is 14.2. The van der Waals surface area contributed by atoms with E-state index in [1.54, 1.807) is 0 Å². The molecular weight excluding hydrogens is 242 g/mol. The van der Waals surface area contributed by atoms with Crippen molar-refractivity contribution in [3.05, 3.63) is 28.8 Å². The maximum atomic E-state index is 2.75. The molecule has 1 aromatic carbocycles. The molecule has 1 heteroatoms. The summed E-state index contributed by atoms with van der Waals surface area (Å²) in [7, 11) is 0. The Balaban J connectivity index is 2.13. The van der Waals surface area contributed by atoms with Crippen molar-refractivity contribution in [1.82, 2.24) is 0 Å². The van der Waals surface area contributed by atoms with E-state index in [0.717, 1.165) is 5.92 Å². The zero-order valence-corrected chi connectivity index (χ0v) is 14.2. The molecule has 1 heterocycles. The van der Waals surface area contributed by atoms with Crippen molar-refractivity contribution >= 4 is 5.69 Å². The van der Waals surface area contributed by atoms with E-state index in [1.807, 2.05) is 0 Å². The van der Waals surface area contributed by atoms with Gasteiger partial charge in [0.15, 0.2) is 0 Å². The van der Waals surface area contributed by atoms with Gasteiger partial charge in [0.25, 0.3) is 0 Å². The smallest absolute Gasteiger partial charge is 0.0408 e. The molecule has 3 unspecified atom stereocenters. The Hall–Kier alpha value is -0.980. The largest absolute Gasteiger partial charge is 0.363 e. The van der Waals surface area contributed by atoms with E-state index in [9.17, 15) is 0 Å². The van der Waals surface area contributed by atoms with Crippen LogP contribution in [-0.2, 0) is 0 Å². The number of hydrogen-bond donors (Lipinski definition) is 0. The van der Waals surface area contributed by atoms with E-state index >= 15 is 0 Å². The molecule has 1 aromatic rings. The number of aryl methyl sites for hydroxylation is 2. The molecule has 110 valence electrons. The molecule has 2 bridgehead atoms. The van der Waals surface area contributed by atoms with Crippen molar-refractivity contribution in [2.45, 2.75) is 72.9 Å². The van der Waals surface area contributed by atoms with E-state index in [-0.39, 0.29) is 0 Å². The number of fused-ring (bicyclic) bond motifs is 2. The third-order valence-corrected chi connectivity index (χ3v) is 6.60. The fraction of sp³-hybridized carbons (Fsp3) is 0.684. The second-order valence-corrected chi connectivity index (χ2v) is 8.06. The average molecular weight is 271 g/mol. The van der Waals surface area contributed by atoms with Crippen LogP contribution in [-0.4, -0.2) is 11.6 Å². The standard InChI is InChI=1S/C19H29N/c1-12-8-13(2)15(4)17(9-12)20-16(5)19(7)11-18(20,6)10-14(19)3/h8-9,14,16H,10-11H2,1-7H3/t14?,16-,18?,19?/m0/s1. The van der Waals surface area contributed by atoms with Gasteiger partial charge in [0, 0.05) is 17.3 Å². The number of benzene rings is 1. The van der Waals surface area contributed by atoms with Crippen molar-refractivity contribution in [2.24, 2.45) is 11.3 Å². The van der Waals surface area contributed by atoms with Crippen molar-refractivity contribution in [3.63, 3.8) is 0 Å². The van der Waals surface area contributed by atoms with Gasteiger partial charge >= 0.3 is 0 Å². The summed E-state index contributed by atoms with van der Waals surface area (Å²) in [6.07, 6.45) is 2.68. The van der Waals surface area contributed by atoms with E-state index in [0.29, 0.717) is 17.0 Å². The SMILES string of the molecule is Cc1cc(C)c(C)c(N2[C@@H](C)C3(C)CC2(C)CC3C)c1. The van der Waals surface area contributed by atoms with Crippen molar-refractivity contribution in [1.29, 1.82) is 0 Å². The highest BCUT2D eigenvalue weighted by Gasteiger charge is 2.62. The van der Waals surface area contributed by atoms with Gasteiger partial charge in [-0.25, -0.2) is 0 Å². The van der Waals surface area contributed by atoms with Gasteiger partial charge in [0.2, 0.25) is 0 Å². The Labute approximate surface area is 124 Å². The molecule has 0 amide bonds. The van der Waals surface area contributed by atoms with Gasteiger partial charge in [0.05, 0.1) is 0 Å². The quantitative estimate of drug-likeness (QED) is 0.693. The van der Waals surface area contributed by atoms with Gasteiger partial charge in [0.1, 0.15) is 0 Å². The number of anilines is 1. The van der Waals surface area contributed by atoms with E-state index in [1.165, 1.54) is 35.2 Å². The normalized spacial score (nSPS) is 39.6. The fourth-order valence-corrected chi connectivity index (χ4v) is 5.23. The Morgan fingerprint density at radius 3 is 2.30 bits per heavy atom. The Kier molecular flexibility index (Phi) is 2.81. The number of nitrogens with zero attached hydrogens (tertiary/aromatic N) is 1. The molecule has 1 aliphatic heterocycles. The van der Waals surface area contributed by atoms with Crippen LogP contribution in [0.25, 0.3) is 0 Å². The number of hydrogen-bond acceptors (Lipinski definition) is 1. The molecule has 1 saturated carbocycles. The van der Waals surface area contributed by atoms with Gasteiger partial charge in [-0.05, 0) is 81.5 Å². The third-order valence-electron chi connectivity index (χ3n) is 6.60. The highest BCUT2D eigenvalue weighted by atomic mass is 15.3. The van der Waals surface area contributed by atoms with Gasteiger partial charge in [-0.3, -0.25) is 0 Å². The molecule has 1 saturated heterocycles. The van der Waals surface area contributed by atoms with Crippen molar-refractivity contribution in [3.8, 4) is 0 Å². The molecule has 1 aliphatic carbocycles. The minimum atomic E-state index is 0.346. The molecule has 0 spiro atoms. The van der Waals surface area contributed by atoms with Crippen LogP contribution in [0.5, 0.6) is 0 Å².